The topological polar surface area (TPSA) is 57.6 Å². The molecular weight excluding hydrogens is 274 g/mol. The maximum atomic E-state index is 11.9. The van der Waals surface area contributed by atoms with E-state index >= 15 is 0 Å². The molecule has 1 atom stereocenters. The van der Waals surface area contributed by atoms with E-state index < -0.39 is 12.0 Å². The van der Waals surface area contributed by atoms with Crippen LogP contribution in [0.2, 0.25) is 0 Å². The molecule has 0 saturated carbocycles. The van der Waals surface area contributed by atoms with Gasteiger partial charge in [0, 0.05) is 7.05 Å². The quantitative estimate of drug-likeness (QED) is 0.748. The summed E-state index contributed by atoms with van der Waals surface area (Å²) in [7, 11) is 1.56. The average molecular weight is 295 g/mol. The van der Waals surface area contributed by atoms with Crippen molar-refractivity contribution < 1.29 is 14.7 Å². The lowest BCUT2D eigenvalue weighted by molar-refractivity contribution is -0.148. The number of hydrogen-bond donors (Lipinski definition) is 1. The molecule has 0 spiro atoms. The summed E-state index contributed by atoms with van der Waals surface area (Å²) >= 11 is 1.54. The molecule has 5 heteroatoms. The van der Waals surface area contributed by atoms with E-state index in [0.717, 1.165) is 12.2 Å². The largest absolute Gasteiger partial charge is 0.480 e. The Morgan fingerprint density at radius 3 is 2.50 bits per heavy atom. The van der Waals surface area contributed by atoms with Crippen molar-refractivity contribution in [2.24, 2.45) is 0 Å². The van der Waals surface area contributed by atoms with Crippen LogP contribution in [0.4, 0.5) is 0 Å². The van der Waals surface area contributed by atoms with E-state index in [1.165, 1.54) is 22.2 Å². The van der Waals surface area contributed by atoms with Crippen molar-refractivity contribution >= 4 is 23.6 Å². The molecule has 0 aliphatic heterocycles. The van der Waals surface area contributed by atoms with Gasteiger partial charge in [0.25, 0.3) is 0 Å². The molecule has 0 radical (unpaired) electrons. The van der Waals surface area contributed by atoms with Crippen LogP contribution in [0.25, 0.3) is 0 Å². The number of carbonyl (C=O) groups is 2. The molecule has 0 bridgehead atoms. The lowest BCUT2D eigenvalue weighted by Gasteiger charge is -2.23. The molecule has 1 unspecified atom stereocenters. The highest BCUT2D eigenvalue weighted by molar-refractivity contribution is 7.99. The Morgan fingerprint density at radius 2 is 1.95 bits per heavy atom. The van der Waals surface area contributed by atoms with E-state index in [1.807, 2.05) is 18.2 Å². The summed E-state index contributed by atoms with van der Waals surface area (Å²) in [6.45, 7) is 1.77. The zero-order chi connectivity index (χ0) is 15.0. The third-order valence-corrected chi connectivity index (χ3v) is 4.08. The molecule has 1 amide bonds. The Balaban J connectivity index is 2.31. The fourth-order valence-electron chi connectivity index (χ4n) is 1.88. The lowest BCUT2D eigenvalue weighted by atomic mass is 10.2. The molecule has 0 saturated heterocycles. The molecule has 110 valence electrons. The van der Waals surface area contributed by atoms with E-state index in [1.54, 1.807) is 14.0 Å². The summed E-state index contributed by atoms with van der Waals surface area (Å²) in [5, 5.41) is 9.01. The normalized spacial score (nSPS) is 11.9. The summed E-state index contributed by atoms with van der Waals surface area (Å²) in [5.41, 5.74) is 1.25. The predicted molar refractivity (Wildman–Crippen MR) is 82.0 cm³/mol. The summed E-state index contributed by atoms with van der Waals surface area (Å²) in [6.07, 6.45) is 1.34. The highest BCUT2D eigenvalue weighted by Crippen LogP contribution is 2.10. The van der Waals surface area contributed by atoms with E-state index in [4.69, 9.17) is 5.11 Å². The number of aliphatic carboxylic acids is 1. The smallest absolute Gasteiger partial charge is 0.326 e. The van der Waals surface area contributed by atoms with Gasteiger partial charge in [0.2, 0.25) is 5.91 Å². The SMILES string of the molecule is CCC(C(=O)O)N(C)C(=O)CSCCc1ccccc1. The monoisotopic (exact) mass is 295 g/mol. The van der Waals surface area contributed by atoms with Crippen molar-refractivity contribution in [3.63, 3.8) is 0 Å². The number of aryl methyl sites for hydroxylation is 1. The van der Waals surface area contributed by atoms with Gasteiger partial charge in [0.15, 0.2) is 0 Å². The van der Waals surface area contributed by atoms with Crippen LogP contribution in [0.5, 0.6) is 0 Å². The number of carbonyl (C=O) groups excluding carboxylic acids is 1. The Morgan fingerprint density at radius 1 is 1.30 bits per heavy atom. The first-order chi connectivity index (χ1) is 9.56. The molecule has 0 heterocycles. The number of benzene rings is 1. The van der Waals surface area contributed by atoms with Crippen LogP contribution >= 0.6 is 11.8 Å². The number of thioether (sulfide) groups is 1. The summed E-state index contributed by atoms with van der Waals surface area (Å²) in [4.78, 5) is 24.2. The molecule has 0 aliphatic rings. The van der Waals surface area contributed by atoms with Crippen molar-refractivity contribution in [3.05, 3.63) is 35.9 Å². The van der Waals surface area contributed by atoms with E-state index in [2.05, 4.69) is 12.1 Å². The van der Waals surface area contributed by atoms with Gasteiger partial charge in [-0.25, -0.2) is 4.79 Å². The van der Waals surface area contributed by atoms with Gasteiger partial charge in [-0.15, -0.1) is 0 Å². The Labute approximate surface area is 124 Å². The van der Waals surface area contributed by atoms with Gasteiger partial charge < -0.3 is 10.0 Å². The Hall–Kier alpha value is -1.49. The number of hydrogen-bond acceptors (Lipinski definition) is 3. The Bertz CT molecular complexity index is 436. The highest BCUT2D eigenvalue weighted by Gasteiger charge is 2.24. The molecule has 0 aromatic heterocycles. The molecule has 20 heavy (non-hydrogen) atoms. The average Bonchev–Trinajstić information content (AvgIpc) is 2.44. The van der Waals surface area contributed by atoms with Gasteiger partial charge >= 0.3 is 5.97 Å². The van der Waals surface area contributed by atoms with Crippen LogP contribution < -0.4 is 0 Å². The Kier molecular flexibility index (Phi) is 7.15. The molecule has 1 aromatic carbocycles. The van der Waals surface area contributed by atoms with E-state index in [0.29, 0.717) is 12.2 Å². The van der Waals surface area contributed by atoms with E-state index in [-0.39, 0.29) is 5.91 Å². The van der Waals surface area contributed by atoms with Crippen molar-refractivity contribution in [2.75, 3.05) is 18.6 Å². The van der Waals surface area contributed by atoms with Gasteiger partial charge in [-0.05, 0) is 24.2 Å². The lowest BCUT2D eigenvalue weighted by Crippen LogP contribution is -2.42. The number of likely N-dealkylation sites (N-methyl/N-ethyl adjacent to an activating group) is 1. The third-order valence-electron chi connectivity index (χ3n) is 3.14. The van der Waals surface area contributed by atoms with Gasteiger partial charge in [0.1, 0.15) is 6.04 Å². The van der Waals surface area contributed by atoms with Crippen LogP contribution in [-0.2, 0) is 16.0 Å². The number of carboxylic acids is 1. The van der Waals surface area contributed by atoms with Crippen LogP contribution in [0.3, 0.4) is 0 Å². The fourth-order valence-corrected chi connectivity index (χ4v) is 2.79. The number of amides is 1. The predicted octanol–water partition coefficient (Wildman–Crippen LogP) is 2.28. The highest BCUT2D eigenvalue weighted by atomic mass is 32.2. The molecule has 4 nitrogen and oxygen atoms in total. The van der Waals surface area contributed by atoms with Crippen LogP contribution in [0.1, 0.15) is 18.9 Å². The van der Waals surface area contributed by atoms with Gasteiger partial charge in [-0.3, -0.25) is 4.79 Å². The van der Waals surface area contributed by atoms with E-state index in [9.17, 15) is 9.59 Å². The standard InChI is InChI=1S/C15H21NO3S/c1-3-13(15(18)19)16(2)14(17)11-20-10-9-12-7-5-4-6-8-12/h4-8,13H,3,9-11H2,1-2H3,(H,18,19). The second-order valence-electron chi connectivity index (χ2n) is 4.56. The molecule has 1 N–H and O–H groups in total. The zero-order valence-electron chi connectivity index (χ0n) is 11.9. The van der Waals surface area contributed by atoms with Gasteiger partial charge in [0.05, 0.1) is 5.75 Å². The van der Waals surface area contributed by atoms with Crippen molar-refractivity contribution in [3.8, 4) is 0 Å². The molecule has 0 aliphatic carbocycles. The summed E-state index contributed by atoms with van der Waals surface area (Å²) in [5.74, 6) is 0.107. The fraction of sp³-hybridized carbons (Fsp3) is 0.467. The third kappa shape index (κ3) is 5.25. The van der Waals surface area contributed by atoms with Crippen molar-refractivity contribution in [1.29, 1.82) is 0 Å². The number of nitrogens with zero attached hydrogens (tertiary/aromatic N) is 1. The maximum Gasteiger partial charge on any atom is 0.326 e. The minimum absolute atomic E-state index is 0.127. The number of carboxylic acid groups (broad SMARTS) is 1. The van der Waals surface area contributed by atoms with Crippen LogP contribution in [0.15, 0.2) is 30.3 Å². The maximum absolute atomic E-state index is 11.9. The molecule has 1 aromatic rings. The second-order valence-corrected chi connectivity index (χ2v) is 5.66. The van der Waals surface area contributed by atoms with Crippen LogP contribution in [0, 0.1) is 0 Å². The first-order valence-electron chi connectivity index (χ1n) is 6.66. The molecule has 1 rings (SSSR count). The zero-order valence-corrected chi connectivity index (χ0v) is 12.7. The second kappa shape index (κ2) is 8.64. The first-order valence-corrected chi connectivity index (χ1v) is 7.81. The molecule has 0 fully saturated rings. The minimum atomic E-state index is -0.947. The van der Waals surface area contributed by atoms with Crippen molar-refractivity contribution in [1.82, 2.24) is 4.90 Å². The number of rotatable bonds is 8. The van der Waals surface area contributed by atoms with Gasteiger partial charge in [-0.2, -0.15) is 11.8 Å². The molecular formula is C15H21NO3S. The van der Waals surface area contributed by atoms with Crippen LogP contribution in [-0.4, -0.2) is 46.5 Å². The summed E-state index contributed by atoms with van der Waals surface area (Å²) in [6, 6.07) is 9.37. The first kappa shape index (κ1) is 16.6. The van der Waals surface area contributed by atoms with Crippen molar-refractivity contribution in [2.45, 2.75) is 25.8 Å². The summed E-state index contributed by atoms with van der Waals surface area (Å²) < 4.78 is 0. The van der Waals surface area contributed by atoms with Gasteiger partial charge in [-0.1, -0.05) is 37.3 Å². The minimum Gasteiger partial charge on any atom is -0.480 e.